The van der Waals surface area contributed by atoms with Crippen molar-refractivity contribution in [3.05, 3.63) is 0 Å². The molecule has 0 aromatic carbocycles. The standard InChI is InChI=1S/C12H22N2O/c13-8-6-9-4-5-10(7-8)14(9)11-2-1-3-12(11)15/h8-12,15H,1-7,13H2. The molecule has 3 rings (SSSR count). The lowest BCUT2D eigenvalue weighted by Crippen LogP contribution is -2.54. The quantitative estimate of drug-likeness (QED) is 0.674. The summed E-state index contributed by atoms with van der Waals surface area (Å²) in [6.45, 7) is 0. The van der Waals surface area contributed by atoms with Gasteiger partial charge in [-0.15, -0.1) is 0 Å². The number of hydrogen-bond acceptors (Lipinski definition) is 3. The maximum absolute atomic E-state index is 10.00. The smallest absolute Gasteiger partial charge is 0.0695 e. The van der Waals surface area contributed by atoms with Gasteiger partial charge in [-0.25, -0.2) is 0 Å². The summed E-state index contributed by atoms with van der Waals surface area (Å²) in [6, 6.07) is 2.22. The molecule has 2 heterocycles. The number of fused-ring (bicyclic) bond motifs is 2. The summed E-state index contributed by atoms with van der Waals surface area (Å²) in [7, 11) is 0. The Kier molecular flexibility index (Phi) is 2.49. The summed E-state index contributed by atoms with van der Waals surface area (Å²) in [5, 5.41) is 10.00. The molecule has 3 heteroatoms. The zero-order valence-electron chi connectivity index (χ0n) is 9.31. The molecule has 1 aliphatic carbocycles. The van der Waals surface area contributed by atoms with Gasteiger partial charge in [0, 0.05) is 24.2 Å². The van der Waals surface area contributed by atoms with Gasteiger partial charge in [0.25, 0.3) is 0 Å². The second kappa shape index (κ2) is 3.72. The Morgan fingerprint density at radius 3 is 2.20 bits per heavy atom. The molecular weight excluding hydrogens is 188 g/mol. The second-order valence-electron chi connectivity index (χ2n) is 5.63. The Morgan fingerprint density at radius 2 is 1.67 bits per heavy atom. The first kappa shape index (κ1) is 10.1. The van der Waals surface area contributed by atoms with E-state index >= 15 is 0 Å². The van der Waals surface area contributed by atoms with Crippen molar-refractivity contribution in [2.45, 2.75) is 75.2 Å². The number of nitrogens with zero attached hydrogens (tertiary/aromatic N) is 1. The van der Waals surface area contributed by atoms with E-state index in [1.54, 1.807) is 0 Å². The lowest BCUT2D eigenvalue weighted by atomic mass is 9.95. The SMILES string of the molecule is NC1CC2CCC(C1)N2C1CCCC1O. The summed E-state index contributed by atoms with van der Waals surface area (Å²) >= 11 is 0. The van der Waals surface area contributed by atoms with Gasteiger partial charge >= 0.3 is 0 Å². The molecule has 4 atom stereocenters. The van der Waals surface area contributed by atoms with Crippen LogP contribution >= 0.6 is 0 Å². The highest BCUT2D eigenvalue weighted by atomic mass is 16.3. The van der Waals surface area contributed by atoms with Crippen molar-refractivity contribution >= 4 is 0 Å². The van der Waals surface area contributed by atoms with Crippen molar-refractivity contribution in [2.24, 2.45) is 5.73 Å². The largest absolute Gasteiger partial charge is 0.391 e. The van der Waals surface area contributed by atoms with Crippen LogP contribution in [0.25, 0.3) is 0 Å². The number of rotatable bonds is 1. The van der Waals surface area contributed by atoms with Gasteiger partial charge in [-0.05, 0) is 44.9 Å². The molecule has 0 amide bonds. The van der Waals surface area contributed by atoms with E-state index < -0.39 is 0 Å². The van der Waals surface area contributed by atoms with E-state index in [-0.39, 0.29) is 6.10 Å². The van der Waals surface area contributed by atoms with Crippen LogP contribution in [0.1, 0.15) is 44.9 Å². The molecule has 0 aromatic rings. The number of aliphatic hydroxyl groups excluding tert-OH is 1. The number of nitrogens with two attached hydrogens (primary N) is 1. The molecular formula is C12H22N2O. The van der Waals surface area contributed by atoms with Crippen LogP contribution in [0.3, 0.4) is 0 Å². The van der Waals surface area contributed by atoms with E-state index in [1.807, 2.05) is 0 Å². The fourth-order valence-corrected chi connectivity index (χ4v) is 4.07. The third kappa shape index (κ3) is 1.61. The first-order valence-electron chi connectivity index (χ1n) is 6.47. The van der Waals surface area contributed by atoms with Gasteiger partial charge in [0.1, 0.15) is 0 Å². The lowest BCUT2D eigenvalue weighted by Gasteiger charge is -2.42. The molecule has 0 spiro atoms. The van der Waals surface area contributed by atoms with E-state index in [9.17, 15) is 5.11 Å². The molecule has 3 nitrogen and oxygen atoms in total. The monoisotopic (exact) mass is 210 g/mol. The van der Waals surface area contributed by atoms with Crippen molar-refractivity contribution in [1.29, 1.82) is 0 Å². The van der Waals surface area contributed by atoms with Crippen molar-refractivity contribution in [3.63, 3.8) is 0 Å². The van der Waals surface area contributed by atoms with Crippen LogP contribution < -0.4 is 5.73 Å². The lowest BCUT2D eigenvalue weighted by molar-refractivity contribution is 0.0150. The molecule has 1 saturated carbocycles. The number of aliphatic hydroxyl groups is 1. The van der Waals surface area contributed by atoms with E-state index in [4.69, 9.17) is 5.73 Å². The molecule has 86 valence electrons. The van der Waals surface area contributed by atoms with E-state index in [1.165, 1.54) is 25.7 Å². The van der Waals surface area contributed by atoms with Crippen LogP contribution in [0.5, 0.6) is 0 Å². The second-order valence-corrected chi connectivity index (χ2v) is 5.63. The van der Waals surface area contributed by atoms with E-state index in [0.29, 0.717) is 24.2 Å². The normalized spacial score (nSPS) is 51.2. The minimum absolute atomic E-state index is 0.0672. The van der Waals surface area contributed by atoms with Crippen LogP contribution in [0.4, 0.5) is 0 Å². The highest BCUT2D eigenvalue weighted by molar-refractivity contribution is 5.01. The van der Waals surface area contributed by atoms with Gasteiger partial charge in [-0.1, -0.05) is 0 Å². The minimum atomic E-state index is -0.0672. The van der Waals surface area contributed by atoms with Gasteiger partial charge in [-0.3, -0.25) is 4.90 Å². The Labute approximate surface area is 91.6 Å². The average molecular weight is 210 g/mol. The number of hydrogen-bond donors (Lipinski definition) is 2. The molecule has 15 heavy (non-hydrogen) atoms. The average Bonchev–Trinajstić information content (AvgIpc) is 2.69. The Balaban J connectivity index is 1.76. The molecule has 4 unspecified atom stereocenters. The van der Waals surface area contributed by atoms with Gasteiger partial charge in [0.05, 0.1) is 6.10 Å². The molecule has 3 fully saturated rings. The minimum Gasteiger partial charge on any atom is -0.391 e. The third-order valence-electron chi connectivity index (χ3n) is 4.65. The molecule has 0 aromatic heterocycles. The van der Waals surface area contributed by atoms with Gasteiger partial charge < -0.3 is 10.8 Å². The fourth-order valence-electron chi connectivity index (χ4n) is 4.07. The summed E-state index contributed by atoms with van der Waals surface area (Å²) in [5.41, 5.74) is 6.06. The molecule has 2 saturated heterocycles. The number of piperidine rings is 1. The first-order valence-corrected chi connectivity index (χ1v) is 6.47. The van der Waals surface area contributed by atoms with Gasteiger partial charge in [-0.2, -0.15) is 0 Å². The molecule has 2 aliphatic heterocycles. The van der Waals surface area contributed by atoms with Gasteiger partial charge in [0.2, 0.25) is 0 Å². The summed E-state index contributed by atoms with van der Waals surface area (Å²) in [6.07, 6.45) is 8.26. The maximum atomic E-state index is 10.00. The topological polar surface area (TPSA) is 49.5 Å². The van der Waals surface area contributed by atoms with E-state index in [0.717, 1.165) is 19.3 Å². The zero-order chi connectivity index (χ0) is 10.4. The van der Waals surface area contributed by atoms with Crippen molar-refractivity contribution in [3.8, 4) is 0 Å². The molecule has 3 N–H and O–H groups in total. The summed E-state index contributed by atoms with van der Waals surface area (Å²) in [4.78, 5) is 2.63. The van der Waals surface area contributed by atoms with Gasteiger partial charge in [0.15, 0.2) is 0 Å². The first-order chi connectivity index (χ1) is 7.25. The van der Waals surface area contributed by atoms with Crippen LogP contribution in [-0.4, -0.2) is 40.3 Å². The van der Waals surface area contributed by atoms with Crippen molar-refractivity contribution in [2.75, 3.05) is 0 Å². The molecule has 2 bridgehead atoms. The summed E-state index contributed by atoms with van der Waals surface area (Å²) < 4.78 is 0. The summed E-state index contributed by atoms with van der Waals surface area (Å²) in [5.74, 6) is 0. The highest BCUT2D eigenvalue weighted by Gasteiger charge is 2.45. The Bertz CT molecular complexity index is 232. The molecule has 0 radical (unpaired) electrons. The molecule has 3 aliphatic rings. The Hall–Kier alpha value is -0.120. The van der Waals surface area contributed by atoms with Crippen LogP contribution in [0.2, 0.25) is 0 Å². The third-order valence-corrected chi connectivity index (χ3v) is 4.65. The highest BCUT2D eigenvalue weighted by Crippen LogP contribution is 2.40. The zero-order valence-corrected chi connectivity index (χ0v) is 9.31. The predicted molar refractivity (Wildman–Crippen MR) is 59.5 cm³/mol. The Morgan fingerprint density at radius 1 is 1.00 bits per heavy atom. The van der Waals surface area contributed by atoms with E-state index in [2.05, 4.69) is 4.90 Å². The fraction of sp³-hybridized carbons (Fsp3) is 1.00. The van der Waals surface area contributed by atoms with Crippen LogP contribution in [0, 0.1) is 0 Å². The maximum Gasteiger partial charge on any atom is 0.0695 e. The van der Waals surface area contributed by atoms with Crippen molar-refractivity contribution in [1.82, 2.24) is 4.90 Å². The van der Waals surface area contributed by atoms with Crippen LogP contribution in [-0.2, 0) is 0 Å². The van der Waals surface area contributed by atoms with Crippen molar-refractivity contribution < 1.29 is 5.11 Å². The van der Waals surface area contributed by atoms with Crippen LogP contribution in [0.15, 0.2) is 0 Å². The predicted octanol–water partition coefficient (Wildman–Crippen LogP) is 0.854.